The summed E-state index contributed by atoms with van der Waals surface area (Å²) < 4.78 is 1.77. The molecular formula is C18H24N4O. The molecule has 1 aromatic heterocycles. The molecule has 1 saturated heterocycles. The first-order valence-electron chi connectivity index (χ1n) is 8.14. The normalized spacial score (nSPS) is 18.3. The predicted molar refractivity (Wildman–Crippen MR) is 89.6 cm³/mol. The van der Waals surface area contributed by atoms with Crippen LogP contribution in [-0.2, 0) is 24.9 Å². The van der Waals surface area contributed by atoms with Crippen LogP contribution >= 0.6 is 0 Å². The average molecular weight is 312 g/mol. The molecule has 0 saturated carbocycles. The molecule has 0 radical (unpaired) electrons. The smallest absolute Gasteiger partial charge is 0.239 e. The van der Waals surface area contributed by atoms with Crippen LogP contribution in [0.5, 0.6) is 0 Å². The van der Waals surface area contributed by atoms with Crippen molar-refractivity contribution >= 4 is 5.91 Å². The fraction of sp³-hybridized carbons (Fsp3) is 0.444. The minimum Gasteiger partial charge on any atom is -0.340 e. The summed E-state index contributed by atoms with van der Waals surface area (Å²) in [5.74, 6) is 0.210. The van der Waals surface area contributed by atoms with Gasteiger partial charge in [0.2, 0.25) is 5.91 Å². The predicted octanol–water partition coefficient (Wildman–Crippen LogP) is 2.04. The van der Waals surface area contributed by atoms with E-state index in [2.05, 4.69) is 34.3 Å². The van der Waals surface area contributed by atoms with Crippen LogP contribution < -0.4 is 0 Å². The van der Waals surface area contributed by atoms with Crippen molar-refractivity contribution in [3.05, 3.63) is 53.9 Å². The Morgan fingerprint density at radius 1 is 1.30 bits per heavy atom. The fourth-order valence-corrected chi connectivity index (χ4v) is 3.27. The molecule has 1 aromatic carbocycles. The summed E-state index contributed by atoms with van der Waals surface area (Å²) in [6.07, 6.45) is 5.81. The maximum atomic E-state index is 12.8. The summed E-state index contributed by atoms with van der Waals surface area (Å²) in [5.41, 5.74) is 2.33. The van der Waals surface area contributed by atoms with Gasteiger partial charge < -0.3 is 4.90 Å². The van der Waals surface area contributed by atoms with Gasteiger partial charge in [0, 0.05) is 38.9 Å². The van der Waals surface area contributed by atoms with Crippen molar-refractivity contribution in [2.45, 2.75) is 32.0 Å². The molecule has 0 N–H and O–H groups in total. The minimum atomic E-state index is -0.00289. The highest BCUT2D eigenvalue weighted by atomic mass is 16.2. The molecule has 5 heteroatoms. The molecule has 2 aromatic rings. The topological polar surface area (TPSA) is 41.4 Å². The van der Waals surface area contributed by atoms with Crippen molar-refractivity contribution in [2.24, 2.45) is 7.05 Å². The number of hydrogen-bond donors (Lipinski definition) is 0. The third-order valence-electron chi connectivity index (χ3n) is 4.43. The van der Waals surface area contributed by atoms with Crippen LogP contribution in [0.4, 0.5) is 0 Å². The number of carbonyl (C=O) groups is 1. The van der Waals surface area contributed by atoms with Gasteiger partial charge in [0.05, 0.1) is 12.2 Å². The lowest BCUT2D eigenvalue weighted by molar-refractivity contribution is -0.135. The zero-order valence-electron chi connectivity index (χ0n) is 13.9. The van der Waals surface area contributed by atoms with Gasteiger partial charge in [0.1, 0.15) is 0 Å². The molecule has 0 bridgehead atoms. The van der Waals surface area contributed by atoms with E-state index in [1.807, 2.05) is 37.5 Å². The second-order valence-electron chi connectivity index (χ2n) is 6.33. The maximum absolute atomic E-state index is 12.8. The summed E-state index contributed by atoms with van der Waals surface area (Å²) in [4.78, 5) is 16.9. The molecule has 23 heavy (non-hydrogen) atoms. The van der Waals surface area contributed by atoms with E-state index in [4.69, 9.17) is 0 Å². The van der Waals surface area contributed by atoms with Crippen LogP contribution in [0.15, 0.2) is 42.7 Å². The van der Waals surface area contributed by atoms with Crippen LogP contribution in [0, 0.1) is 0 Å². The number of hydrogen-bond acceptors (Lipinski definition) is 3. The fourth-order valence-electron chi connectivity index (χ4n) is 3.27. The second-order valence-corrected chi connectivity index (χ2v) is 6.33. The lowest BCUT2D eigenvalue weighted by Gasteiger charge is -2.27. The Bertz CT molecular complexity index is 652. The number of amides is 1. The van der Waals surface area contributed by atoms with Gasteiger partial charge in [0.25, 0.3) is 0 Å². The van der Waals surface area contributed by atoms with E-state index in [-0.39, 0.29) is 11.9 Å². The number of carbonyl (C=O) groups excluding carboxylic acids is 1. The Balaban J connectivity index is 1.63. The van der Waals surface area contributed by atoms with Gasteiger partial charge in [-0.05, 0) is 24.9 Å². The third kappa shape index (κ3) is 3.79. The van der Waals surface area contributed by atoms with Crippen molar-refractivity contribution in [1.82, 2.24) is 19.6 Å². The van der Waals surface area contributed by atoms with Gasteiger partial charge in [-0.1, -0.05) is 30.3 Å². The summed E-state index contributed by atoms with van der Waals surface area (Å²) in [7, 11) is 3.78. The van der Waals surface area contributed by atoms with Crippen LogP contribution in [0.3, 0.4) is 0 Å². The van der Waals surface area contributed by atoms with E-state index < -0.39 is 0 Å². The molecule has 1 aliphatic rings. The zero-order valence-corrected chi connectivity index (χ0v) is 13.9. The Kier molecular flexibility index (Phi) is 4.76. The number of likely N-dealkylation sites (tertiary alicyclic amines) is 1. The molecule has 1 amide bonds. The molecule has 1 unspecified atom stereocenters. The van der Waals surface area contributed by atoms with Gasteiger partial charge in [0.15, 0.2) is 0 Å². The Hall–Kier alpha value is -2.14. The van der Waals surface area contributed by atoms with E-state index in [0.717, 1.165) is 31.5 Å². The molecule has 2 heterocycles. The molecule has 3 rings (SSSR count). The molecule has 122 valence electrons. The monoisotopic (exact) mass is 312 g/mol. The second kappa shape index (κ2) is 6.96. The molecule has 5 nitrogen and oxygen atoms in total. The minimum absolute atomic E-state index is 0.00289. The molecule has 0 spiro atoms. The molecule has 1 fully saturated rings. The van der Waals surface area contributed by atoms with E-state index in [0.29, 0.717) is 6.54 Å². The van der Waals surface area contributed by atoms with Crippen LogP contribution in [-0.4, -0.2) is 45.1 Å². The molecule has 0 aliphatic carbocycles. The van der Waals surface area contributed by atoms with Gasteiger partial charge in [-0.15, -0.1) is 0 Å². The van der Waals surface area contributed by atoms with Crippen LogP contribution in [0.1, 0.15) is 24.0 Å². The van der Waals surface area contributed by atoms with E-state index >= 15 is 0 Å². The maximum Gasteiger partial charge on any atom is 0.239 e. The SMILES string of the molecule is CN(Cc1cnn(C)c1)C(=O)C1CCCN1Cc1ccccc1. The quantitative estimate of drug-likeness (QED) is 0.848. The number of rotatable bonds is 5. The van der Waals surface area contributed by atoms with Crippen molar-refractivity contribution < 1.29 is 4.79 Å². The zero-order chi connectivity index (χ0) is 16.2. The summed E-state index contributed by atoms with van der Waals surface area (Å²) in [6, 6.07) is 10.4. The largest absolute Gasteiger partial charge is 0.340 e. The summed E-state index contributed by atoms with van der Waals surface area (Å²) in [5, 5.41) is 4.17. The van der Waals surface area contributed by atoms with Gasteiger partial charge in [-0.2, -0.15) is 5.10 Å². The summed E-state index contributed by atoms with van der Waals surface area (Å²) in [6.45, 7) is 2.45. The highest BCUT2D eigenvalue weighted by Crippen LogP contribution is 2.22. The van der Waals surface area contributed by atoms with Crippen LogP contribution in [0.2, 0.25) is 0 Å². The van der Waals surface area contributed by atoms with Crippen molar-refractivity contribution in [2.75, 3.05) is 13.6 Å². The molecular weight excluding hydrogens is 288 g/mol. The first kappa shape index (κ1) is 15.7. The first-order valence-corrected chi connectivity index (χ1v) is 8.14. The lowest BCUT2D eigenvalue weighted by Crippen LogP contribution is -2.43. The Labute approximate surface area is 137 Å². The number of aryl methyl sites for hydroxylation is 1. The Morgan fingerprint density at radius 2 is 2.09 bits per heavy atom. The Morgan fingerprint density at radius 3 is 2.78 bits per heavy atom. The first-order chi connectivity index (χ1) is 11.1. The van der Waals surface area contributed by atoms with Crippen molar-refractivity contribution in [1.29, 1.82) is 0 Å². The van der Waals surface area contributed by atoms with Gasteiger partial charge >= 0.3 is 0 Å². The van der Waals surface area contributed by atoms with E-state index in [1.54, 1.807) is 4.68 Å². The summed E-state index contributed by atoms with van der Waals surface area (Å²) >= 11 is 0. The molecule has 1 atom stereocenters. The lowest BCUT2D eigenvalue weighted by atomic mass is 10.1. The van der Waals surface area contributed by atoms with Gasteiger partial charge in [-0.3, -0.25) is 14.4 Å². The number of benzene rings is 1. The molecule has 1 aliphatic heterocycles. The van der Waals surface area contributed by atoms with Gasteiger partial charge in [-0.25, -0.2) is 0 Å². The van der Waals surface area contributed by atoms with E-state index in [1.165, 1.54) is 5.56 Å². The highest BCUT2D eigenvalue weighted by Gasteiger charge is 2.32. The highest BCUT2D eigenvalue weighted by molar-refractivity contribution is 5.82. The number of aromatic nitrogens is 2. The van der Waals surface area contributed by atoms with Crippen molar-refractivity contribution in [3.8, 4) is 0 Å². The standard InChI is InChI=1S/C18H24N4O/c1-20(12-16-11-19-21(2)13-16)18(23)17-9-6-10-22(17)14-15-7-4-3-5-8-15/h3-5,7-8,11,13,17H,6,9-10,12,14H2,1-2H3. The van der Waals surface area contributed by atoms with E-state index in [9.17, 15) is 4.79 Å². The van der Waals surface area contributed by atoms with Crippen LogP contribution in [0.25, 0.3) is 0 Å². The average Bonchev–Trinajstić information content (AvgIpc) is 3.16. The number of nitrogens with zero attached hydrogens (tertiary/aromatic N) is 4. The third-order valence-corrected chi connectivity index (χ3v) is 4.43. The number of likely N-dealkylation sites (N-methyl/N-ethyl adjacent to an activating group) is 1. The van der Waals surface area contributed by atoms with Crippen molar-refractivity contribution in [3.63, 3.8) is 0 Å².